The van der Waals surface area contributed by atoms with Gasteiger partial charge in [-0.2, -0.15) is 0 Å². The van der Waals surface area contributed by atoms with Crippen molar-refractivity contribution < 1.29 is 9.00 Å². The molecule has 4 nitrogen and oxygen atoms in total. The quantitative estimate of drug-likeness (QED) is 0.622. The number of primary amides is 1. The SMILES string of the molecule is CC(C)(C)S(=O)CC(N)C(N)=O. The summed E-state index contributed by atoms with van der Waals surface area (Å²) < 4.78 is 11.1. The fourth-order valence-electron chi connectivity index (χ4n) is 0.495. The number of amides is 1. The number of hydrogen-bond acceptors (Lipinski definition) is 3. The van der Waals surface area contributed by atoms with E-state index in [4.69, 9.17) is 11.5 Å². The molecule has 12 heavy (non-hydrogen) atoms. The normalized spacial score (nSPS) is 17.0. The molecule has 0 aromatic rings. The third-order valence-corrected chi connectivity index (χ3v) is 3.41. The molecular formula is C7H16N2O2S. The van der Waals surface area contributed by atoms with Gasteiger partial charge in [0.15, 0.2) is 0 Å². The van der Waals surface area contributed by atoms with E-state index >= 15 is 0 Å². The summed E-state index contributed by atoms with van der Waals surface area (Å²) in [6.07, 6.45) is 0. The molecule has 5 heteroatoms. The molecule has 4 N–H and O–H groups in total. The topological polar surface area (TPSA) is 86.2 Å². The first kappa shape index (κ1) is 11.6. The summed E-state index contributed by atoms with van der Waals surface area (Å²) >= 11 is 0. The van der Waals surface area contributed by atoms with E-state index in [1.165, 1.54) is 0 Å². The summed E-state index contributed by atoms with van der Waals surface area (Å²) in [5, 5.41) is 0. The largest absolute Gasteiger partial charge is 0.368 e. The van der Waals surface area contributed by atoms with Gasteiger partial charge >= 0.3 is 0 Å². The first-order valence-electron chi connectivity index (χ1n) is 3.68. The molecule has 2 unspecified atom stereocenters. The molecule has 0 aliphatic carbocycles. The van der Waals surface area contributed by atoms with Crippen molar-refractivity contribution in [3.63, 3.8) is 0 Å². The average Bonchev–Trinajstić information content (AvgIpc) is 1.85. The van der Waals surface area contributed by atoms with Crippen LogP contribution in [0.4, 0.5) is 0 Å². The van der Waals surface area contributed by atoms with Crippen LogP contribution in [0.5, 0.6) is 0 Å². The average molecular weight is 192 g/mol. The maximum atomic E-state index is 11.4. The second-order valence-electron chi connectivity index (χ2n) is 3.63. The fourth-order valence-corrected chi connectivity index (χ4v) is 1.49. The van der Waals surface area contributed by atoms with E-state index in [2.05, 4.69) is 0 Å². The van der Waals surface area contributed by atoms with Gasteiger partial charge in [0.05, 0.1) is 6.04 Å². The minimum atomic E-state index is -1.11. The molecule has 0 saturated carbocycles. The smallest absolute Gasteiger partial charge is 0.235 e. The second kappa shape index (κ2) is 4.00. The van der Waals surface area contributed by atoms with E-state index in [-0.39, 0.29) is 10.5 Å². The molecule has 0 aliphatic rings. The molecule has 0 aliphatic heterocycles. The predicted molar refractivity (Wildman–Crippen MR) is 49.9 cm³/mol. The summed E-state index contributed by atoms with van der Waals surface area (Å²) in [4.78, 5) is 10.5. The van der Waals surface area contributed by atoms with Crippen LogP contribution in [-0.2, 0) is 15.6 Å². The van der Waals surface area contributed by atoms with Crippen LogP contribution in [0.15, 0.2) is 0 Å². The lowest BCUT2D eigenvalue weighted by Gasteiger charge is -2.19. The molecule has 0 bridgehead atoms. The van der Waals surface area contributed by atoms with Crippen LogP contribution < -0.4 is 11.5 Å². The van der Waals surface area contributed by atoms with Gasteiger partial charge in [0.25, 0.3) is 0 Å². The van der Waals surface area contributed by atoms with Gasteiger partial charge in [-0.25, -0.2) is 0 Å². The summed E-state index contributed by atoms with van der Waals surface area (Å²) in [7, 11) is -1.11. The maximum Gasteiger partial charge on any atom is 0.235 e. The molecule has 2 atom stereocenters. The Hall–Kier alpha value is -0.420. The first-order valence-corrected chi connectivity index (χ1v) is 5.00. The zero-order chi connectivity index (χ0) is 9.94. The lowest BCUT2D eigenvalue weighted by molar-refractivity contribution is -0.118. The van der Waals surface area contributed by atoms with Crippen molar-refractivity contribution in [1.29, 1.82) is 0 Å². The van der Waals surface area contributed by atoms with E-state index in [0.717, 1.165) is 0 Å². The van der Waals surface area contributed by atoms with E-state index in [9.17, 15) is 9.00 Å². The van der Waals surface area contributed by atoms with Gasteiger partial charge in [0, 0.05) is 21.3 Å². The van der Waals surface area contributed by atoms with Crippen LogP contribution in [0.1, 0.15) is 20.8 Å². The maximum absolute atomic E-state index is 11.4. The Labute approximate surface area is 75.1 Å². The highest BCUT2D eigenvalue weighted by Crippen LogP contribution is 2.11. The van der Waals surface area contributed by atoms with Crippen molar-refractivity contribution >= 4 is 16.7 Å². The van der Waals surface area contributed by atoms with Crippen molar-refractivity contribution in [2.75, 3.05) is 5.75 Å². The summed E-state index contributed by atoms with van der Waals surface area (Å²) in [5.74, 6) is -0.466. The van der Waals surface area contributed by atoms with E-state index in [1.807, 2.05) is 20.8 Å². The van der Waals surface area contributed by atoms with Crippen LogP contribution in [-0.4, -0.2) is 26.7 Å². The fraction of sp³-hybridized carbons (Fsp3) is 0.857. The molecule has 0 rings (SSSR count). The Balaban J connectivity index is 4.11. The van der Waals surface area contributed by atoms with Crippen molar-refractivity contribution in [3.8, 4) is 0 Å². The summed E-state index contributed by atoms with van der Waals surface area (Å²) in [5.41, 5.74) is 10.3. The third kappa shape index (κ3) is 3.82. The molecule has 0 aromatic carbocycles. The number of nitrogens with two attached hydrogens (primary N) is 2. The Morgan fingerprint density at radius 2 is 1.92 bits per heavy atom. The lowest BCUT2D eigenvalue weighted by Crippen LogP contribution is -2.43. The highest BCUT2D eigenvalue weighted by Gasteiger charge is 2.23. The van der Waals surface area contributed by atoms with Crippen LogP contribution in [0.3, 0.4) is 0 Å². The first-order chi connectivity index (χ1) is 5.25. The van der Waals surface area contributed by atoms with Crippen molar-refractivity contribution in [2.45, 2.75) is 31.6 Å². The van der Waals surface area contributed by atoms with Gasteiger partial charge in [-0.1, -0.05) is 0 Å². The molecule has 0 radical (unpaired) electrons. The molecule has 0 aromatic heterocycles. The Morgan fingerprint density at radius 3 is 2.17 bits per heavy atom. The van der Waals surface area contributed by atoms with E-state index in [0.29, 0.717) is 0 Å². The second-order valence-corrected chi connectivity index (χ2v) is 5.88. The Morgan fingerprint density at radius 1 is 1.50 bits per heavy atom. The number of rotatable bonds is 3. The molecule has 1 amide bonds. The van der Waals surface area contributed by atoms with E-state index < -0.39 is 22.7 Å². The number of hydrogen-bond donors (Lipinski definition) is 2. The molecule has 0 saturated heterocycles. The highest BCUT2D eigenvalue weighted by atomic mass is 32.2. The van der Waals surface area contributed by atoms with Crippen LogP contribution in [0, 0.1) is 0 Å². The zero-order valence-corrected chi connectivity index (χ0v) is 8.48. The minimum absolute atomic E-state index is 0.138. The Bertz CT molecular complexity index is 198. The number of carbonyl (C=O) groups excluding carboxylic acids is 1. The monoisotopic (exact) mass is 192 g/mol. The Kier molecular flexibility index (Phi) is 3.86. The van der Waals surface area contributed by atoms with Gasteiger partial charge in [0.1, 0.15) is 0 Å². The molecular weight excluding hydrogens is 176 g/mol. The van der Waals surface area contributed by atoms with Gasteiger partial charge in [0.2, 0.25) is 5.91 Å². The van der Waals surface area contributed by atoms with Crippen molar-refractivity contribution in [2.24, 2.45) is 11.5 Å². The third-order valence-electron chi connectivity index (χ3n) is 1.38. The van der Waals surface area contributed by atoms with Crippen LogP contribution >= 0.6 is 0 Å². The van der Waals surface area contributed by atoms with Gasteiger partial charge in [-0.3, -0.25) is 9.00 Å². The van der Waals surface area contributed by atoms with Gasteiger partial charge in [-0.15, -0.1) is 0 Å². The number of carbonyl (C=O) groups is 1. The van der Waals surface area contributed by atoms with Crippen LogP contribution in [0.2, 0.25) is 0 Å². The lowest BCUT2D eigenvalue weighted by atomic mass is 10.3. The molecule has 0 heterocycles. The minimum Gasteiger partial charge on any atom is -0.368 e. The van der Waals surface area contributed by atoms with Crippen molar-refractivity contribution in [1.82, 2.24) is 0 Å². The summed E-state index contributed by atoms with van der Waals surface area (Å²) in [6, 6.07) is -0.801. The highest BCUT2D eigenvalue weighted by molar-refractivity contribution is 7.86. The summed E-state index contributed by atoms with van der Waals surface area (Å²) in [6.45, 7) is 5.49. The molecule has 0 fully saturated rings. The van der Waals surface area contributed by atoms with E-state index in [1.54, 1.807) is 0 Å². The van der Waals surface area contributed by atoms with Crippen LogP contribution in [0.25, 0.3) is 0 Å². The molecule has 0 spiro atoms. The van der Waals surface area contributed by atoms with Crippen molar-refractivity contribution in [3.05, 3.63) is 0 Å². The van der Waals surface area contributed by atoms with Gasteiger partial charge in [-0.05, 0) is 20.8 Å². The van der Waals surface area contributed by atoms with Gasteiger partial charge < -0.3 is 11.5 Å². The molecule has 72 valence electrons. The predicted octanol–water partition coefficient (Wildman–Crippen LogP) is -0.654. The standard InChI is InChI=1S/C7H16N2O2S/c1-7(2,3)12(11)4-5(8)6(9)10/h5H,4,8H2,1-3H3,(H2,9,10). The zero-order valence-electron chi connectivity index (χ0n) is 7.66.